The van der Waals surface area contributed by atoms with Gasteiger partial charge in [0.2, 0.25) is 0 Å². The minimum atomic E-state index is -0.419. The lowest BCUT2D eigenvalue weighted by Gasteiger charge is -2.45. The Morgan fingerprint density at radius 2 is 1.19 bits per heavy atom. The van der Waals surface area contributed by atoms with Crippen LogP contribution in [0.4, 0.5) is 0 Å². The first kappa shape index (κ1) is 18.1. The normalized spacial score (nSPS) is 25.5. The van der Waals surface area contributed by atoms with E-state index in [0.29, 0.717) is 5.75 Å². The van der Waals surface area contributed by atoms with Crippen LogP contribution in [-0.4, -0.2) is 30.1 Å². The number of hydrazone groups is 1. The highest BCUT2D eigenvalue weighted by Gasteiger charge is 2.61. The molecule has 0 unspecified atom stereocenters. The van der Waals surface area contributed by atoms with Crippen molar-refractivity contribution in [1.29, 1.82) is 0 Å². The summed E-state index contributed by atoms with van der Waals surface area (Å²) >= 11 is 0. The van der Waals surface area contributed by atoms with Crippen molar-refractivity contribution in [1.82, 2.24) is 5.01 Å². The monoisotopic (exact) mass is 408 g/mol. The van der Waals surface area contributed by atoms with Gasteiger partial charge in [-0.15, -0.1) is 0 Å². The second-order valence-electron chi connectivity index (χ2n) is 8.24. The molecule has 7 rings (SSSR count). The quantitative estimate of drug-likeness (QED) is 0.488. The van der Waals surface area contributed by atoms with Crippen molar-refractivity contribution < 1.29 is 14.3 Å². The Morgan fingerprint density at radius 1 is 0.742 bits per heavy atom. The third-order valence-electron chi connectivity index (χ3n) is 6.88. The van der Waals surface area contributed by atoms with E-state index in [9.17, 15) is 9.59 Å². The van der Waals surface area contributed by atoms with Crippen molar-refractivity contribution in [3.8, 4) is 5.75 Å². The van der Waals surface area contributed by atoms with E-state index in [4.69, 9.17) is 4.74 Å². The van der Waals surface area contributed by atoms with E-state index in [-0.39, 0.29) is 23.7 Å². The number of imide groups is 1. The fraction of sp³-hybridized carbons (Fsp3) is 0.192. The van der Waals surface area contributed by atoms with Gasteiger partial charge >= 0.3 is 0 Å². The summed E-state index contributed by atoms with van der Waals surface area (Å²) in [4.78, 5) is 27.0. The molecule has 2 amide bonds. The Morgan fingerprint density at radius 3 is 1.68 bits per heavy atom. The molecule has 2 atom stereocenters. The summed E-state index contributed by atoms with van der Waals surface area (Å²) in [6.07, 6.45) is 1.54. The van der Waals surface area contributed by atoms with Gasteiger partial charge < -0.3 is 4.74 Å². The average molecular weight is 408 g/mol. The molecule has 5 nitrogen and oxygen atoms in total. The number of hydrogen-bond acceptors (Lipinski definition) is 4. The average Bonchev–Trinajstić information content (AvgIpc) is 3.08. The second kappa shape index (κ2) is 6.64. The van der Waals surface area contributed by atoms with E-state index in [1.165, 1.54) is 6.21 Å². The molecule has 0 saturated carbocycles. The van der Waals surface area contributed by atoms with Crippen LogP contribution in [0.5, 0.6) is 5.75 Å². The fourth-order valence-corrected chi connectivity index (χ4v) is 5.67. The number of para-hydroxylation sites is 1. The molecule has 1 aliphatic heterocycles. The summed E-state index contributed by atoms with van der Waals surface area (Å²) in [5.41, 5.74) is 5.34. The van der Waals surface area contributed by atoms with Crippen molar-refractivity contribution in [3.05, 3.63) is 101 Å². The number of rotatable bonds is 3. The van der Waals surface area contributed by atoms with Gasteiger partial charge in [-0.05, 0) is 34.4 Å². The molecule has 0 spiro atoms. The predicted molar refractivity (Wildman–Crippen MR) is 116 cm³/mol. The molecular weight excluding hydrogens is 388 g/mol. The van der Waals surface area contributed by atoms with E-state index in [2.05, 4.69) is 29.4 Å². The Hall–Kier alpha value is -3.73. The highest BCUT2D eigenvalue weighted by molar-refractivity contribution is 6.08. The summed E-state index contributed by atoms with van der Waals surface area (Å²) in [5.74, 6) is -0.882. The predicted octanol–water partition coefficient (Wildman–Crippen LogP) is 3.92. The van der Waals surface area contributed by atoms with Crippen molar-refractivity contribution in [2.75, 3.05) is 7.11 Å². The molecule has 152 valence electrons. The summed E-state index contributed by atoms with van der Waals surface area (Å²) in [5, 5.41) is 5.42. The minimum absolute atomic E-state index is 0.120. The van der Waals surface area contributed by atoms with Crippen LogP contribution in [0, 0.1) is 11.8 Å². The van der Waals surface area contributed by atoms with Crippen LogP contribution in [0.3, 0.4) is 0 Å². The van der Waals surface area contributed by atoms with E-state index < -0.39 is 11.8 Å². The van der Waals surface area contributed by atoms with Gasteiger partial charge in [0.25, 0.3) is 11.8 Å². The molecule has 1 fully saturated rings. The molecule has 31 heavy (non-hydrogen) atoms. The van der Waals surface area contributed by atoms with E-state index >= 15 is 0 Å². The molecule has 1 saturated heterocycles. The molecule has 0 aromatic heterocycles. The highest BCUT2D eigenvalue weighted by Crippen LogP contribution is 2.60. The summed E-state index contributed by atoms with van der Waals surface area (Å²) < 4.78 is 5.36. The van der Waals surface area contributed by atoms with E-state index in [1.807, 2.05) is 48.5 Å². The zero-order chi connectivity index (χ0) is 21.1. The number of carbonyl (C=O) groups is 2. The second-order valence-corrected chi connectivity index (χ2v) is 8.24. The van der Waals surface area contributed by atoms with Crippen LogP contribution in [0.15, 0.2) is 77.9 Å². The van der Waals surface area contributed by atoms with E-state index in [1.54, 1.807) is 7.11 Å². The third-order valence-corrected chi connectivity index (χ3v) is 6.88. The topological polar surface area (TPSA) is 59.0 Å². The van der Waals surface area contributed by atoms with Gasteiger partial charge in [-0.25, -0.2) is 0 Å². The Labute approximate surface area is 180 Å². The number of nitrogens with zero attached hydrogens (tertiary/aromatic N) is 2. The SMILES string of the molecule is COc1ccccc1/C=N\N1C(=O)[C@@H]2C3c4ccccc4C(c4ccccc43)[C@H]2C1=O. The van der Waals surface area contributed by atoms with Crippen LogP contribution in [0.1, 0.15) is 39.7 Å². The lowest BCUT2D eigenvalue weighted by molar-refractivity contribution is -0.139. The molecule has 2 bridgehead atoms. The fourth-order valence-electron chi connectivity index (χ4n) is 5.67. The number of benzene rings is 3. The Bertz CT molecular complexity index is 1150. The number of hydrogen-bond donors (Lipinski definition) is 0. The molecule has 1 heterocycles. The lowest BCUT2D eigenvalue weighted by atomic mass is 9.55. The van der Waals surface area contributed by atoms with Gasteiger partial charge in [-0.3, -0.25) is 9.59 Å². The maximum atomic E-state index is 13.5. The van der Waals surface area contributed by atoms with Crippen LogP contribution >= 0.6 is 0 Å². The summed E-state index contributed by atoms with van der Waals surface area (Å²) in [6, 6.07) is 23.8. The first-order valence-electron chi connectivity index (χ1n) is 10.4. The Balaban J connectivity index is 1.45. The summed E-state index contributed by atoms with van der Waals surface area (Å²) in [7, 11) is 1.58. The highest BCUT2D eigenvalue weighted by atomic mass is 16.5. The van der Waals surface area contributed by atoms with Gasteiger partial charge in [-0.2, -0.15) is 10.1 Å². The first-order valence-corrected chi connectivity index (χ1v) is 10.4. The number of methoxy groups -OCH3 is 1. The molecule has 4 aliphatic rings. The van der Waals surface area contributed by atoms with Gasteiger partial charge in [0.15, 0.2) is 0 Å². The van der Waals surface area contributed by atoms with Crippen molar-refractivity contribution >= 4 is 18.0 Å². The zero-order valence-electron chi connectivity index (χ0n) is 16.9. The molecule has 0 N–H and O–H groups in total. The molecular formula is C26H20N2O3. The van der Waals surface area contributed by atoms with Crippen molar-refractivity contribution in [2.45, 2.75) is 11.8 Å². The molecule has 0 radical (unpaired) electrons. The van der Waals surface area contributed by atoms with Gasteiger partial charge in [0, 0.05) is 17.4 Å². The minimum Gasteiger partial charge on any atom is -0.496 e. The smallest absolute Gasteiger partial charge is 0.254 e. The molecule has 3 aromatic rings. The maximum Gasteiger partial charge on any atom is 0.254 e. The molecule has 3 aromatic carbocycles. The lowest BCUT2D eigenvalue weighted by Crippen LogP contribution is -2.41. The van der Waals surface area contributed by atoms with Gasteiger partial charge in [-0.1, -0.05) is 60.7 Å². The zero-order valence-corrected chi connectivity index (χ0v) is 16.9. The maximum absolute atomic E-state index is 13.5. The Kier molecular flexibility index (Phi) is 3.87. The van der Waals surface area contributed by atoms with Crippen LogP contribution < -0.4 is 4.74 Å². The van der Waals surface area contributed by atoms with E-state index in [0.717, 1.165) is 32.8 Å². The summed E-state index contributed by atoms with van der Waals surface area (Å²) in [6.45, 7) is 0. The van der Waals surface area contributed by atoms with Crippen LogP contribution in [0.2, 0.25) is 0 Å². The number of amides is 2. The number of ether oxygens (including phenoxy) is 1. The van der Waals surface area contributed by atoms with Crippen LogP contribution in [0.25, 0.3) is 0 Å². The van der Waals surface area contributed by atoms with Gasteiger partial charge in [0.1, 0.15) is 5.75 Å². The largest absolute Gasteiger partial charge is 0.496 e. The molecule has 5 heteroatoms. The third kappa shape index (κ3) is 2.40. The van der Waals surface area contributed by atoms with Gasteiger partial charge in [0.05, 0.1) is 25.2 Å². The number of carbonyl (C=O) groups excluding carboxylic acids is 2. The standard InChI is InChI=1S/C26H20N2O3/c1-31-20-13-7-2-8-15(20)14-27-28-25(29)23-21-16-9-3-4-10-17(16)22(24(23)26(28)30)19-12-6-5-11-18(19)21/h2-14,21-24H,1H3/b27-14-/t21?,22?,23-,24-/m1/s1. The van der Waals surface area contributed by atoms with Crippen molar-refractivity contribution in [3.63, 3.8) is 0 Å². The van der Waals surface area contributed by atoms with Crippen LogP contribution in [-0.2, 0) is 9.59 Å². The van der Waals surface area contributed by atoms with Crippen molar-refractivity contribution in [2.24, 2.45) is 16.9 Å². The first-order chi connectivity index (χ1) is 15.2. The molecule has 3 aliphatic carbocycles.